The summed E-state index contributed by atoms with van der Waals surface area (Å²) in [6, 6.07) is 2.78. The van der Waals surface area contributed by atoms with Crippen LogP contribution in [0, 0.1) is 0 Å². The predicted octanol–water partition coefficient (Wildman–Crippen LogP) is 3.18. The van der Waals surface area contributed by atoms with E-state index in [2.05, 4.69) is 5.32 Å². The van der Waals surface area contributed by atoms with Crippen LogP contribution in [0.15, 0.2) is 36.4 Å². The molecule has 0 aromatic heterocycles. The van der Waals surface area contributed by atoms with Gasteiger partial charge in [0.2, 0.25) is 5.91 Å². The van der Waals surface area contributed by atoms with Crippen LogP contribution in [0.3, 0.4) is 0 Å². The molecule has 270 valence electrons. The molecule has 6 N–H and O–H groups in total. The number of nitrogens with two attached hydrogens (primary N) is 1. The topological polar surface area (TPSA) is 175 Å². The molecule has 2 aliphatic rings. The van der Waals surface area contributed by atoms with Gasteiger partial charge in [0.25, 0.3) is 17.5 Å². The zero-order valence-electron chi connectivity index (χ0n) is 26.8. The Bertz CT molecular complexity index is 1610. The van der Waals surface area contributed by atoms with Crippen molar-refractivity contribution in [2.24, 2.45) is 5.73 Å². The van der Waals surface area contributed by atoms with E-state index >= 15 is 0 Å². The second-order valence-corrected chi connectivity index (χ2v) is 12.8. The summed E-state index contributed by atoms with van der Waals surface area (Å²) in [4.78, 5) is 40.5. The van der Waals surface area contributed by atoms with E-state index in [9.17, 15) is 56.0 Å². The number of ether oxygens (including phenoxy) is 2. The Balaban J connectivity index is 1.75. The summed E-state index contributed by atoms with van der Waals surface area (Å²) in [7, 11) is 1.39. The van der Waals surface area contributed by atoms with Gasteiger partial charge in [0.1, 0.15) is 18.4 Å². The van der Waals surface area contributed by atoms with Gasteiger partial charge in [-0.2, -0.15) is 26.3 Å². The van der Waals surface area contributed by atoms with Gasteiger partial charge in [-0.15, -0.1) is 0 Å². The summed E-state index contributed by atoms with van der Waals surface area (Å²) < 4.78 is 94.4. The minimum absolute atomic E-state index is 0.0713. The number of benzene rings is 2. The van der Waals surface area contributed by atoms with E-state index in [4.69, 9.17) is 15.2 Å². The van der Waals surface area contributed by atoms with Crippen LogP contribution in [0.2, 0.25) is 0 Å². The van der Waals surface area contributed by atoms with Gasteiger partial charge in [0, 0.05) is 29.5 Å². The number of nitrogens with zero attached hydrogens (tertiary/aromatic N) is 2. The summed E-state index contributed by atoms with van der Waals surface area (Å²) in [5.41, 5.74) is 3.02. The van der Waals surface area contributed by atoms with Crippen LogP contribution in [-0.4, -0.2) is 77.0 Å². The number of fused-ring (bicyclic) bond motifs is 2. The zero-order valence-corrected chi connectivity index (χ0v) is 26.8. The number of anilines is 2. The summed E-state index contributed by atoms with van der Waals surface area (Å²) >= 11 is 0. The molecule has 0 radical (unpaired) electrons. The summed E-state index contributed by atoms with van der Waals surface area (Å²) in [5, 5.41) is 33.1. The molecular formula is C31H36F6N4O8. The molecule has 3 atom stereocenters. The van der Waals surface area contributed by atoms with Crippen molar-refractivity contribution < 1.29 is 65.5 Å². The Morgan fingerprint density at radius 3 is 2.02 bits per heavy atom. The fourth-order valence-electron chi connectivity index (χ4n) is 5.49. The van der Waals surface area contributed by atoms with Gasteiger partial charge in [-0.3, -0.25) is 14.5 Å². The standard InChI is InChI=1S/C31H36F6N4O8/c1-27(2,3)49-26(44)39-21-10-6-17-13-18(28(45,46)30(32,33)34)7-12-23(17)41(25(21)43)15-48-29(47,31(35,36)37)19-8-11-22-16(14-19)5-9-20(38)24(42)40(22)4/h7-8,11-14,20-21,45-47H,5-6,9-10,15,38H2,1-4H3,(H,39,44). The maximum Gasteiger partial charge on any atom is 0.448 e. The predicted molar refractivity (Wildman–Crippen MR) is 160 cm³/mol. The first-order chi connectivity index (χ1) is 22.4. The highest BCUT2D eigenvalue weighted by atomic mass is 19.4. The van der Waals surface area contributed by atoms with Gasteiger partial charge < -0.3 is 40.7 Å². The summed E-state index contributed by atoms with van der Waals surface area (Å²) in [6.45, 7) is 3.23. The number of carbonyl (C=O) groups excluding carboxylic acids is 3. The Labute approximate surface area is 276 Å². The molecule has 12 nitrogen and oxygen atoms in total. The number of aryl methyl sites for hydroxylation is 2. The maximum absolute atomic E-state index is 14.6. The Kier molecular flexibility index (Phi) is 10.1. The van der Waals surface area contributed by atoms with Crippen molar-refractivity contribution in [3.05, 3.63) is 58.7 Å². The van der Waals surface area contributed by atoms with E-state index in [1.54, 1.807) is 0 Å². The molecular weight excluding hydrogens is 670 g/mol. The smallest absolute Gasteiger partial charge is 0.444 e. The number of alkyl carbamates (subject to hydrolysis) is 1. The van der Waals surface area contributed by atoms with Gasteiger partial charge in [0.05, 0.1) is 6.04 Å². The Hall–Kier alpha value is -3.97. The molecule has 2 aliphatic heterocycles. The molecule has 0 saturated heterocycles. The van der Waals surface area contributed by atoms with E-state index in [1.807, 2.05) is 0 Å². The Morgan fingerprint density at radius 2 is 1.43 bits per heavy atom. The van der Waals surface area contributed by atoms with Crippen LogP contribution in [0.25, 0.3) is 0 Å². The van der Waals surface area contributed by atoms with E-state index in [1.165, 1.54) is 38.8 Å². The first kappa shape index (κ1) is 37.8. The molecule has 4 rings (SSSR count). The molecule has 49 heavy (non-hydrogen) atoms. The number of halogens is 6. The first-order valence-corrected chi connectivity index (χ1v) is 14.9. The molecule has 0 bridgehead atoms. The molecule has 2 aromatic carbocycles. The first-order valence-electron chi connectivity index (χ1n) is 14.9. The minimum Gasteiger partial charge on any atom is -0.444 e. The van der Waals surface area contributed by atoms with Gasteiger partial charge >= 0.3 is 18.4 Å². The molecule has 0 aliphatic carbocycles. The van der Waals surface area contributed by atoms with Crippen LogP contribution in [0.5, 0.6) is 0 Å². The lowest BCUT2D eigenvalue weighted by molar-refractivity contribution is -0.375. The van der Waals surface area contributed by atoms with Crippen molar-refractivity contribution in [1.29, 1.82) is 0 Å². The quantitative estimate of drug-likeness (QED) is 0.223. The third-order valence-corrected chi connectivity index (χ3v) is 8.12. The SMILES string of the molecule is CN1C(=O)C(N)CCc2cc(C(O)(OCN3C(=O)C(NC(=O)OC(C)(C)C)CCc4cc(C(O)(O)C(F)(F)F)ccc43)C(F)(F)F)ccc21. The monoisotopic (exact) mass is 706 g/mol. The number of alkyl halides is 6. The number of carbonyl (C=O) groups is 3. The van der Waals surface area contributed by atoms with E-state index < -0.39 is 77.4 Å². The number of amides is 3. The van der Waals surface area contributed by atoms with Crippen molar-refractivity contribution in [3.63, 3.8) is 0 Å². The molecule has 0 spiro atoms. The normalized spacial score (nSPS) is 20.5. The van der Waals surface area contributed by atoms with Crippen LogP contribution in [-0.2, 0) is 43.5 Å². The largest absolute Gasteiger partial charge is 0.448 e. The highest BCUT2D eigenvalue weighted by Gasteiger charge is 2.58. The maximum atomic E-state index is 14.6. The van der Waals surface area contributed by atoms with Crippen LogP contribution in [0.1, 0.15) is 55.9 Å². The van der Waals surface area contributed by atoms with E-state index in [0.29, 0.717) is 17.0 Å². The highest BCUT2D eigenvalue weighted by Crippen LogP contribution is 2.43. The zero-order chi connectivity index (χ0) is 36.9. The van der Waals surface area contributed by atoms with Crippen molar-refractivity contribution in [2.75, 3.05) is 23.6 Å². The van der Waals surface area contributed by atoms with Gasteiger partial charge in [-0.1, -0.05) is 12.1 Å². The fourth-order valence-corrected chi connectivity index (χ4v) is 5.49. The highest BCUT2D eigenvalue weighted by molar-refractivity contribution is 6.00. The number of likely N-dealkylation sites (N-methyl/N-ethyl adjacent to an activating group) is 1. The summed E-state index contributed by atoms with van der Waals surface area (Å²) in [6.07, 6.45) is -12.6. The Morgan fingerprint density at radius 1 is 0.878 bits per heavy atom. The van der Waals surface area contributed by atoms with Crippen molar-refractivity contribution in [3.8, 4) is 0 Å². The number of hydrogen-bond acceptors (Lipinski definition) is 9. The van der Waals surface area contributed by atoms with Crippen molar-refractivity contribution in [2.45, 2.75) is 88.1 Å². The number of hydrogen-bond donors (Lipinski definition) is 5. The lowest BCUT2D eigenvalue weighted by atomic mass is 9.98. The van der Waals surface area contributed by atoms with Crippen LogP contribution >= 0.6 is 0 Å². The molecule has 0 fully saturated rings. The average molecular weight is 707 g/mol. The second-order valence-electron chi connectivity index (χ2n) is 12.8. The van der Waals surface area contributed by atoms with Crippen LogP contribution < -0.4 is 20.9 Å². The number of rotatable bonds is 6. The van der Waals surface area contributed by atoms with Crippen molar-refractivity contribution in [1.82, 2.24) is 5.32 Å². The van der Waals surface area contributed by atoms with Gasteiger partial charge in [-0.25, -0.2) is 4.79 Å². The minimum atomic E-state index is -5.55. The van der Waals surface area contributed by atoms with E-state index in [-0.39, 0.29) is 48.2 Å². The van der Waals surface area contributed by atoms with Gasteiger partial charge in [-0.05, 0) is 81.8 Å². The number of aliphatic hydroxyl groups is 3. The van der Waals surface area contributed by atoms with Crippen molar-refractivity contribution >= 4 is 29.3 Å². The molecule has 0 saturated carbocycles. The molecule has 3 unspecified atom stereocenters. The molecule has 3 amide bonds. The molecule has 18 heteroatoms. The molecule has 2 aromatic rings. The lowest BCUT2D eigenvalue weighted by Gasteiger charge is -2.35. The van der Waals surface area contributed by atoms with E-state index in [0.717, 1.165) is 18.2 Å². The van der Waals surface area contributed by atoms with Crippen LogP contribution in [0.4, 0.5) is 42.5 Å². The lowest BCUT2D eigenvalue weighted by Crippen LogP contribution is -2.52. The fraction of sp³-hybridized carbons (Fsp3) is 0.516. The number of nitrogens with one attached hydrogen (secondary N) is 1. The van der Waals surface area contributed by atoms with Gasteiger partial charge in [0.15, 0.2) is 0 Å². The third kappa shape index (κ3) is 7.62. The molecule has 2 heterocycles. The average Bonchev–Trinajstić information content (AvgIpc) is 3.17. The summed E-state index contributed by atoms with van der Waals surface area (Å²) in [5.74, 6) is -9.94. The second kappa shape index (κ2) is 13.1. The third-order valence-electron chi connectivity index (χ3n) is 8.12.